The van der Waals surface area contributed by atoms with E-state index in [1.54, 1.807) is 0 Å². The molecule has 0 aromatic carbocycles. The Labute approximate surface area is 85.8 Å². The van der Waals surface area contributed by atoms with Gasteiger partial charge in [0.15, 0.2) is 0 Å². The van der Waals surface area contributed by atoms with Crippen molar-refractivity contribution in [3.05, 3.63) is 11.6 Å². The first kappa shape index (κ1) is 13.2. The van der Waals surface area contributed by atoms with Gasteiger partial charge in [0.1, 0.15) is 5.60 Å². The van der Waals surface area contributed by atoms with E-state index in [4.69, 9.17) is 9.84 Å². The molecule has 82 valence electrons. The molecule has 0 unspecified atom stereocenters. The van der Waals surface area contributed by atoms with Gasteiger partial charge < -0.3 is 9.84 Å². The van der Waals surface area contributed by atoms with Crippen LogP contribution in [-0.2, 0) is 9.53 Å². The topological polar surface area (TPSA) is 46.5 Å². The molecular formula is C11H20O3. The second-order valence-electron chi connectivity index (χ2n) is 4.33. The lowest BCUT2D eigenvalue weighted by Gasteiger charge is -2.19. The molecule has 3 nitrogen and oxygen atoms in total. The third kappa shape index (κ3) is 7.80. The van der Waals surface area contributed by atoms with E-state index in [9.17, 15) is 4.79 Å². The highest BCUT2D eigenvalue weighted by Gasteiger charge is 2.15. The van der Waals surface area contributed by atoms with Gasteiger partial charge in [0.05, 0.1) is 6.61 Å². The van der Waals surface area contributed by atoms with Crippen LogP contribution in [0.3, 0.4) is 0 Å². The minimum absolute atomic E-state index is 0.0499. The Morgan fingerprint density at radius 3 is 2.43 bits per heavy atom. The number of aliphatic hydroxyl groups is 1. The molecule has 0 saturated heterocycles. The van der Waals surface area contributed by atoms with Gasteiger partial charge >= 0.3 is 5.97 Å². The molecule has 0 aliphatic heterocycles. The van der Waals surface area contributed by atoms with E-state index < -0.39 is 5.60 Å². The molecule has 0 radical (unpaired) electrons. The molecule has 0 heterocycles. The molecule has 0 bridgehead atoms. The van der Waals surface area contributed by atoms with Gasteiger partial charge in [-0.15, -0.1) is 0 Å². The molecule has 0 aromatic heterocycles. The van der Waals surface area contributed by atoms with Crippen LogP contribution in [0.15, 0.2) is 11.6 Å². The number of ether oxygens (including phenoxy) is 1. The van der Waals surface area contributed by atoms with Crippen molar-refractivity contribution in [1.82, 2.24) is 0 Å². The van der Waals surface area contributed by atoms with Crippen molar-refractivity contribution >= 4 is 5.97 Å². The van der Waals surface area contributed by atoms with Gasteiger partial charge in [-0.3, -0.25) is 4.79 Å². The summed E-state index contributed by atoms with van der Waals surface area (Å²) < 4.78 is 5.12. The summed E-state index contributed by atoms with van der Waals surface area (Å²) in [6.07, 6.45) is 2.85. The molecule has 0 fully saturated rings. The Morgan fingerprint density at radius 1 is 1.43 bits per heavy atom. The van der Waals surface area contributed by atoms with Gasteiger partial charge in [-0.1, -0.05) is 11.6 Å². The van der Waals surface area contributed by atoms with E-state index in [1.165, 1.54) is 0 Å². The maximum atomic E-state index is 11.2. The Balaban J connectivity index is 3.76. The van der Waals surface area contributed by atoms with Gasteiger partial charge in [0.25, 0.3) is 0 Å². The molecule has 0 saturated carbocycles. The SMILES string of the molecule is C/C(=C\CCC(=O)OC(C)(C)C)CO. The molecule has 1 N–H and O–H groups in total. The number of hydrogen-bond donors (Lipinski definition) is 1. The van der Waals surface area contributed by atoms with Crippen LogP contribution < -0.4 is 0 Å². The summed E-state index contributed by atoms with van der Waals surface area (Å²) >= 11 is 0. The first-order valence-electron chi connectivity index (χ1n) is 4.83. The van der Waals surface area contributed by atoms with Crippen LogP contribution in [0.5, 0.6) is 0 Å². The van der Waals surface area contributed by atoms with Crippen LogP contribution >= 0.6 is 0 Å². The fourth-order valence-corrected chi connectivity index (χ4v) is 0.894. The number of rotatable bonds is 4. The molecule has 0 rings (SSSR count). The van der Waals surface area contributed by atoms with Crippen molar-refractivity contribution < 1.29 is 14.6 Å². The number of esters is 1. The molecule has 0 aromatic rings. The lowest BCUT2D eigenvalue weighted by atomic mass is 10.2. The third-order valence-electron chi connectivity index (χ3n) is 1.51. The number of allylic oxidation sites excluding steroid dienone is 1. The van der Waals surface area contributed by atoms with Crippen LogP contribution in [-0.4, -0.2) is 23.3 Å². The lowest BCUT2D eigenvalue weighted by molar-refractivity contribution is -0.154. The lowest BCUT2D eigenvalue weighted by Crippen LogP contribution is -2.23. The molecule has 3 heteroatoms. The minimum Gasteiger partial charge on any atom is -0.460 e. The van der Waals surface area contributed by atoms with Crippen molar-refractivity contribution in [1.29, 1.82) is 0 Å². The molecule has 14 heavy (non-hydrogen) atoms. The molecular weight excluding hydrogens is 180 g/mol. The summed E-state index contributed by atoms with van der Waals surface area (Å²) in [5.41, 5.74) is 0.473. The van der Waals surface area contributed by atoms with Gasteiger partial charge in [0.2, 0.25) is 0 Å². The van der Waals surface area contributed by atoms with Gasteiger partial charge in [0, 0.05) is 6.42 Å². The average molecular weight is 200 g/mol. The van der Waals surface area contributed by atoms with Crippen LogP contribution in [0.1, 0.15) is 40.5 Å². The molecule has 0 atom stereocenters. The van der Waals surface area contributed by atoms with E-state index in [0.29, 0.717) is 12.8 Å². The third-order valence-corrected chi connectivity index (χ3v) is 1.51. The van der Waals surface area contributed by atoms with Crippen molar-refractivity contribution in [2.24, 2.45) is 0 Å². The Bertz CT molecular complexity index is 211. The van der Waals surface area contributed by atoms with E-state index in [-0.39, 0.29) is 12.6 Å². The predicted octanol–water partition coefficient (Wildman–Crippen LogP) is 2.05. The Hall–Kier alpha value is -0.830. The zero-order valence-corrected chi connectivity index (χ0v) is 9.46. The average Bonchev–Trinajstić information content (AvgIpc) is 2.00. The van der Waals surface area contributed by atoms with E-state index >= 15 is 0 Å². The highest BCUT2D eigenvalue weighted by Crippen LogP contribution is 2.09. The smallest absolute Gasteiger partial charge is 0.306 e. The highest BCUT2D eigenvalue weighted by atomic mass is 16.6. The maximum absolute atomic E-state index is 11.2. The van der Waals surface area contributed by atoms with E-state index in [2.05, 4.69) is 0 Å². The second kappa shape index (κ2) is 5.81. The summed E-state index contributed by atoms with van der Waals surface area (Å²) in [6.45, 7) is 7.42. The Kier molecular flexibility index (Phi) is 5.46. The van der Waals surface area contributed by atoms with Crippen LogP contribution in [0.2, 0.25) is 0 Å². The molecule has 0 aliphatic carbocycles. The zero-order chi connectivity index (χ0) is 11.2. The number of carbonyl (C=O) groups excluding carboxylic acids is 1. The van der Waals surface area contributed by atoms with Crippen molar-refractivity contribution in [3.63, 3.8) is 0 Å². The van der Waals surface area contributed by atoms with Crippen LogP contribution in [0.4, 0.5) is 0 Å². The van der Waals surface area contributed by atoms with Gasteiger partial charge in [-0.2, -0.15) is 0 Å². The van der Waals surface area contributed by atoms with E-state index in [0.717, 1.165) is 5.57 Å². The molecule has 0 spiro atoms. The monoisotopic (exact) mass is 200 g/mol. The van der Waals surface area contributed by atoms with Crippen molar-refractivity contribution in [2.75, 3.05) is 6.61 Å². The molecule has 0 aliphatic rings. The summed E-state index contributed by atoms with van der Waals surface area (Å²) in [5, 5.41) is 8.70. The Morgan fingerprint density at radius 2 is 2.00 bits per heavy atom. The predicted molar refractivity (Wildman–Crippen MR) is 55.9 cm³/mol. The summed E-state index contributed by atoms with van der Waals surface area (Å²) in [7, 11) is 0. The second-order valence-corrected chi connectivity index (χ2v) is 4.33. The summed E-state index contributed by atoms with van der Waals surface area (Å²) in [6, 6.07) is 0. The number of aliphatic hydroxyl groups excluding tert-OH is 1. The number of carbonyl (C=O) groups is 1. The van der Waals surface area contributed by atoms with E-state index in [1.807, 2.05) is 33.8 Å². The van der Waals surface area contributed by atoms with Crippen molar-refractivity contribution in [2.45, 2.75) is 46.1 Å². The normalized spacial score (nSPS) is 12.8. The van der Waals surface area contributed by atoms with Crippen LogP contribution in [0, 0.1) is 0 Å². The minimum atomic E-state index is -0.410. The largest absolute Gasteiger partial charge is 0.460 e. The quantitative estimate of drug-likeness (QED) is 0.558. The molecule has 0 amide bonds. The standard InChI is InChI=1S/C11H20O3/c1-9(8-12)6-5-7-10(13)14-11(2,3)4/h6,12H,5,7-8H2,1-4H3/b9-6+. The maximum Gasteiger partial charge on any atom is 0.306 e. The zero-order valence-electron chi connectivity index (χ0n) is 9.46. The van der Waals surface area contributed by atoms with Gasteiger partial charge in [-0.25, -0.2) is 0 Å². The first-order valence-corrected chi connectivity index (χ1v) is 4.83. The van der Waals surface area contributed by atoms with Gasteiger partial charge in [-0.05, 0) is 34.1 Å². The van der Waals surface area contributed by atoms with Crippen molar-refractivity contribution in [3.8, 4) is 0 Å². The van der Waals surface area contributed by atoms with Crippen LogP contribution in [0.25, 0.3) is 0 Å². The fraction of sp³-hybridized carbons (Fsp3) is 0.727. The number of hydrogen-bond acceptors (Lipinski definition) is 3. The first-order chi connectivity index (χ1) is 6.35. The summed E-state index contributed by atoms with van der Waals surface area (Å²) in [5.74, 6) is -0.195. The summed E-state index contributed by atoms with van der Waals surface area (Å²) in [4.78, 5) is 11.2. The fourth-order valence-electron chi connectivity index (χ4n) is 0.894. The highest BCUT2D eigenvalue weighted by molar-refractivity contribution is 5.70.